The largest absolute Gasteiger partial charge is 0.497 e. The Balaban J connectivity index is 2.98. The smallest absolute Gasteiger partial charge is 0.126 e. The molecule has 0 spiro atoms. The molecule has 0 amide bonds. The Labute approximate surface area is 125 Å². The Hall–Kier alpha value is -0.700. The molecule has 0 saturated heterocycles. The molecule has 3 heteroatoms. The number of hydrogen-bond donors (Lipinski definition) is 0. The minimum absolute atomic E-state index is 0.341. The molecule has 1 aromatic rings. The van der Waals surface area contributed by atoms with Gasteiger partial charge >= 0.3 is 0 Å². The van der Waals surface area contributed by atoms with Gasteiger partial charge in [-0.1, -0.05) is 48.7 Å². The predicted molar refractivity (Wildman–Crippen MR) is 84.5 cm³/mol. The molecule has 2 nitrogen and oxygen atoms in total. The van der Waals surface area contributed by atoms with E-state index >= 15 is 0 Å². The molecule has 0 saturated carbocycles. The fourth-order valence-corrected chi connectivity index (χ4v) is 3.39. The Morgan fingerprint density at radius 2 is 1.68 bits per heavy atom. The summed E-state index contributed by atoms with van der Waals surface area (Å²) in [5.74, 6) is 2.39. The van der Waals surface area contributed by atoms with Crippen molar-refractivity contribution >= 4 is 15.9 Å². The Morgan fingerprint density at radius 3 is 2.16 bits per heavy atom. The molecule has 0 aliphatic heterocycles. The minimum Gasteiger partial charge on any atom is -0.497 e. The predicted octanol–water partition coefficient (Wildman–Crippen LogP) is 5.36. The molecule has 0 bridgehead atoms. The van der Waals surface area contributed by atoms with Gasteiger partial charge in [0.15, 0.2) is 0 Å². The quantitative estimate of drug-likeness (QED) is 0.598. The van der Waals surface area contributed by atoms with Crippen LogP contribution >= 0.6 is 15.9 Å². The normalized spacial score (nSPS) is 12.5. The van der Waals surface area contributed by atoms with Crippen LogP contribution < -0.4 is 9.47 Å². The van der Waals surface area contributed by atoms with Gasteiger partial charge in [-0.2, -0.15) is 0 Å². The second-order valence-corrected chi connectivity index (χ2v) is 5.83. The lowest BCUT2D eigenvalue weighted by molar-refractivity contribution is 0.381. The van der Waals surface area contributed by atoms with Gasteiger partial charge in [-0.25, -0.2) is 0 Å². The summed E-state index contributed by atoms with van der Waals surface area (Å²) in [7, 11) is 3.39. The van der Waals surface area contributed by atoms with E-state index in [0.717, 1.165) is 11.5 Å². The van der Waals surface area contributed by atoms with Crippen LogP contribution in [0.25, 0.3) is 0 Å². The van der Waals surface area contributed by atoms with Gasteiger partial charge in [0.2, 0.25) is 0 Å². The van der Waals surface area contributed by atoms with E-state index in [1.807, 2.05) is 12.1 Å². The second kappa shape index (κ2) is 8.47. The summed E-state index contributed by atoms with van der Waals surface area (Å²) in [4.78, 5) is 0.341. The van der Waals surface area contributed by atoms with E-state index in [2.05, 4.69) is 35.8 Å². The topological polar surface area (TPSA) is 18.5 Å². The van der Waals surface area contributed by atoms with Crippen LogP contribution in [0.3, 0.4) is 0 Å². The van der Waals surface area contributed by atoms with E-state index in [0.29, 0.717) is 10.7 Å². The SMILES string of the molecule is CCCC(CCC)C(Br)c1ccc(OC)cc1OC. The maximum Gasteiger partial charge on any atom is 0.126 e. The zero-order chi connectivity index (χ0) is 14.3. The van der Waals surface area contributed by atoms with Gasteiger partial charge in [0.1, 0.15) is 11.5 Å². The monoisotopic (exact) mass is 328 g/mol. The maximum atomic E-state index is 5.51. The van der Waals surface area contributed by atoms with Crippen molar-refractivity contribution < 1.29 is 9.47 Å². The summed E-state index contributed by atoms with van der Waals surface area (Å²) in [6.07, 6.45) is 4.90. The van der Waals surface area contributed by atoms with Crippen LogP contribution in [0.1, 0.15) is 49.9 Å². The molecule has 1 aromatic carbocycles. The molecular weight excluding hydrogens is 304 g/mol. The third-order valence-electron chi connectivity index (χ3n) is 3.47. The first-order valence-electron chi connectivity index (χ1n) is 7.03. The zero-order valence-electron chi connectivity index (χ0n) is 12.4. The first-order chi connectivity index (χ1) is 9.17. The number of ether oxygens (including phenoxy) is 2. The highest BCUT2D eigenvalue weighted by atomic mass is 79.9. The van der Waals surface area contributed by atoms with Crippen molar-refractivity contribution in [3.05, 3.63) is 23.8 Å². The van der Waals surface area contributed by atoms with Crippen molar-refractivity contribution in [2.75, 3.05) is 14.2 Å². The number of methoxy groups -OCH3 is 2. The van der Waals surface area contributed by atoms with Crippen molar-refractivity contribution in [1.82, 2.24) is 0 Å². The third kappa shape index (κ3) is 4.41. The van der Waals surface area contributed by atoms with Crippen LogP contribution in [0.15, 0.2) is 18.2 Å². The lowest BCUT2D eigenvalue weighted by Gasteiger charge is -2.24. The molecule has 1 unspecified atom stereocenters. The van der Waals surface area contributed by atoms with Crippen LogP contribution in [0, 0.1) is 5.92 Å². The standard InChI is InChI=1S/C16H25BrO2/c1-5-7-12(8-6-2)16(17)14-10-9-13(18-3)11-15(14)19-4/h9-12,16H,5-8H2,1-4H3. The van der Waals surface area contributed by atoms with Crippen molar-refractivity contribution in [3.8, 4) is 11.5 Å². The Kier molecular flexibility index (Phi) is 7.29. The van der Waals surface area contributed by atoms with Crippen LogP contribution in [-0.2, 0) is 0 Å². The summed E-state index contributed by atoms with van der Waals surface area (Å²) in [5, 5.41) is 0. The van der Waals surface area contributed by atoms with E-state index in [4.69, 9.17) is 9.47 Å². The van der Waals surface area contributed by atoms with Crippen molar-refractivity contribution in [1.29, 1.82) is 0 Å². The molecular formula is C16H25BrO2. The fourth-order valence-electron chi connectivity index (χ4n) is 2.48. The molecule has 0 heterocycles. The number of hydrogen-bond acceptors (Lipinski definition) is 2. The lowest BCUT2D eigenvalue weighted by Crippen LogP contribution is -2.09. The summed E-state index contributed by atoms with van der Waals surface area (Å²) in [6.45, 7) is 4.49. The van der Waals surface area contributed by atoms with Gasteiger partial charge in [-0.15, -0.1) is 0 Å². The van der Waals surface area contributed by atoms with Gasteiger partial charge in [0.25, 0.3) is 0 Å². The molecule has 19 heavy (non-hydrogen) atoms. The molecule has 0 radical (unpaired) electrons. The number of halogens is 1. The van der Waals surface area contributed by atoms with Gasteiger partial charge < -0.3 is 9.47 Å². The van der Waals surface area contributed by atoms with E-state index in [1.54, 1.807) is 14.2 Å². The molecule has 1 rings (SSSR count). The fraction of sp³-hybridized carbons (Fsp3) is 0.625. The second-order valence-electron chi connectivity index (χ2n) is 4.85. The molecule has 0 aliphatic carbocycles. The van der Waals surface area contributed by atoms with Gasteiger partial charge in [0.05, 0.1) is 14.2 Å². The summed E-state index contributed by atoms with van der Waals surface area (Å²) < 4.78 is 10.8. The molecule has 0 N–H and O–H groups in total. The average Bonchev–Trinajstić information content (AvgIpc) is 2.45. The van der Waals surface area contributed by atoms with Crippen molar-refractivity contribution in [2.24, 2.45) is 5.92 Å². The number of benzene rings is 1. The van der Waals surface area contributed by atoms with E-state index in [9.17, 15) is 0 Å². The Bertz CT molecular complexity index is 373. The number of alkyl halides is 1. The Morgan fingerprint density at radius 1 is 1.05 bits per heavy atom. The summed E-state index contributed by atoms with van der Waals surface area (Å²) >= 11 is 3.87. The molecule has 108 valence electrons. The first-order valence-corrected chi connectivity index (χ1v) is 7.95. The van der Waals surface area contributed by atoms with Crippen molar-refractivity contribution in [3.63, 3.8) is 0 Å². The third-order valence-corrected chi connectivity index (χ3v) is 4.71. The lowest BCUT2D eigenvalue weighted by atomic mass is 9.90. The summed E-state index contributed by atoms with van der Waals surface area (Å²) in [5.41, 5.74) is 1.22. The van der Waals surface area contributed by atoms with E-state index < -0.39 is 0 Å². The average molecular weight is 329 g/mol. The minimum atomic E-state index is 0.341. The molecule has 0 aromatic heterocycles. The first kappa shape index (κ1) is 16.4. The molecule has 0 aliphatic rings. The van der Waals surface area contributed by atoms with Gasteiger partial charge in [0, 0.05) is 16.5 Å². The van der Waals surface area contributed by atoms with E-state index in [1.165, 1.54) is 31.2 Å². The van der Waals surface area contributed by atoms with Crippen molar-refractivity contribution in [2.45, 2.75) is 44.4 Å². The number of rotatable bonds is 8. The molecule has 0 fully saturated rings. The van der Waals surface area contributed by atoms with Crippen LogP contribution in [0.2, 0.25) is 0 Å². The highest BCUT2D eigenvalue weighted by molar-refractivity contribution is 9.09. The zero-order valence-corrected chi connectivity index (χ0v) is 14.0. The van der Waals surface area contributed by atoms with E-state index in [-0.39, 0.29) is 0 Å². The van der Waals surface area contributed by atoms with Gasteiger partial charge in [-0.3, -0.25) is 0 Å². The van der Waals surface area contributed by atoms with Gasteiger partial charge in [-0.05, 0) is 24.8 Å². The van der Waals surface area contributed by atoms with Crippen LogP contribution in [0.4, 0.5) is 0 Å². The van der Waals surface area contributed by atoms with Crippen LogP contribution in [-0.4, -0.2) is 14.2 Å². The van der Waals surface area contributed by atoms with Crippen LogP contribution in [0.5, 0.6) is 11.5 Å². The highest BCUT2D eigenvalue weighted by Crippen LogP contribution is 2.41. The maximum absolute atomic E-state index is 5.51. The highest BCUT2D eigenvalue weighted by Gasteiger charge is 2.22. The summed E-state index contributed by atoms with van der Waals surface area (Å²) in [6, 6.07) is 6.06. The molecule has 1 atom stereocenters.